The Morgan fingerprint density at radius 1 is 1.15 bits per heavy atom. The molecule has 2 N–H and O–H groups in total. The first-order valence-electron chi connectivity index (χ1n) is 10.8. The zero-order valence-corrected chi connectivity index (χ0v) is 16.4. The van der Waals surface area contributed by atoms with Crippen molar-refractivity contribution in [1.29, 1.82) is 0 Å². The molecule has 3 amide bonds. The van der Waals surface area contributed by atoms with Crippen molar-refractivity contribution >= 4 is 11.9 Å². The van der Waals surface area contributed by atoms with Gasteiger partial charge in [0.1, 0.15) is 0 Å². The maximum Gasteiger partial charge on any atom is 0.317 e. The summed E-state index contributed by atoms with van der Waals surface area (Å²) in [5.74, 6) is 0.164. The number of hydrogen-bond donors (Lipinski definition) is 2. The van der Waals surface area contributed by atoms with E-state index in [-0.39, 0.29) is 29.6 Å². The van der Waals surface area contributed by atoms with E-state index in [0.717, 1.165) is 64.8 Å². The molecule has 4 fully saturated rings. The van der Waals surface area contributed by atoms with Crippen LogP contribution in [-0.2, 0) is 9.53 Å². The van der Waals surface area contributed by atoms with Gasteiger partial charge < -0.3 is 25.2 Å². The molecule has 1 aliphatic carbocycles. The maximum atomic E-state index is 12.9. The molecule has 0 aromatic heterocycles. The summed E-state index contributed by atoms with van der Waals surface area (Å²) < 4.78 is 6.16. The van der Waals surface area contributed by atoms with Gasteiger partial charge in [0.2, 0.25) is 5.91 Å². The predicted octanol–water partition coefficient (Wildman–Crippen LogP) is 1.47. The van der Waals surface area contributed by atoms with E-state index >= 15 is 0 Å². The van der Waals surface area contributed by atoms with Crippen LogP contribution in [0.15, 0.2) is 0 Å². The first-order valence-corrected chi connectivity index (χ1v) is 10.8. The van der Waals surface area contributed by atoms with E-state index in [1.54, 1.807) is 0 Å². The fraction of sp³-hybridized carbons (Fsp3) is 0.900. The molecule has 1 spiro atoms. The molecule has 2 unspecified atom stereocenters. The number of likely N-dealkylation sites (tertiary alicyclic amines) is 1. The number of carbonyl (C=O) groups is 2. The number of nitrogens with one attached hydrogen (secondary N) is 2. The second-order valence-corrected chi connectivity index (χ2v) is 8.74. The lowest BCUT2D eigenvalue weighted by atomic mass is 9.78. The number of piperidine rings is 1. The van der Waals surface area contributed by atoms with Gasteiger partial charge in [-0.1, -0.05) is 19.3 Å². The van der Waals surface area contributed by atoms with Crippen LogP contribution in [0.3, 0.4) is 0 Å². The molecular formula is C20H34N4O3. The Morgan fingerprint density at radius 3 is 2.81 bits per heavy atom. The van der Waals surface area contributed by atoms with Crippen LogP contribution in [0.1, 0.15) is 57.8 Å². The molecule has 1 saturated carbocycles. The lowest BCUT2D eigenvalue weighted by Crippen LogP contribution is -2.59. The third-order valence-corrected chi connectivity index (χ3v) is 6.84. The molecule has 3 aliphatic heterocycles. The normalized spacial score (nSPS) is 31.8. The number of amides is 3. The summed E-state index contributed by atoms with van der Waals surface area (Å²) in [5, 5.41) is 6.41. The van der Waals surface area contributed by atoms with E-state index in [4.69, 9.17) is 4.74 Å². The Hall–Kier alpha value is -1.34. The number of ether oxygens (including phenoxy) is 1. The molecule has 4 aliphatic rings. The lowest BCUT2D eigenvalue weighted by molar-refractivity contribution is -0.135. The Kier molecular flexibility index (Phi) is 5.88. The highest BCUT2D eigenvalue weighted by Gasteiger charge is 2.39. The van der Waals surface area contributed by atoms with Crippen LogP contribution < -0.4 is 10.6 Å². The number of rotatable bonds is 2. The zero-order valence-electron chi connectivity index (χ0n) is 16.4. The van der Waals surface area contributed by atoms with E-state index in [2.05, 4.69) is 10.6 Å². The summed E-state index contributed by atoms with van der Waals surface area (Å²) >= 11 is 0. The molecule has 3 saturated heterocycles. The largest absolute Gasteiger partial charge is 0.375 e. The molecule has 7 heteroatoms. The summed E-state index contributed by atoms with van der Waals surface area (Å²) in [6, 6.07) is 0.421. The minimum Gasteiger partial charge on any atom is -0.375 e. The fourth-order valence-electron chi connectivity index (χ4n) is 5.36. The van der Waals surface area contributed by atoms with Gasteiger partial charge in [0.25, 0.3) is 0 Å². The second-order valence-electron chi connectivity index (χ2n) is 8.74. The second kappa shape index (κ2) is 8.35. The standard InChI is InChI=1S/C20H34N4O3/c25-18-14-21-9-11-24(18)17-5-4-10-23(15-17)19(26)22-16-6-12-27-20(13-16)7-2-1-3-8-20/h16-17,21H,1-15H2,(H,22,26). The monoisotopic (exact) mass is 378 g/mol. The molecule has 0 aromatic rings. The van der Waals surface area contributed by atoms with Crippen molar-refractivity contribution < 1.29 is 14.3 Å². The minimum absolute atomic E-state index is 0.00605. The average Bonchev–Trinajstić information content (AvgIpc) is 2.69. The number of piperazine rings is 1. The quantitative estimate of drug-likeness (QED) is 0.763. The molecule has 7 nitrogen and oxygen atoms in total. The molecule has 4 rings (SSSR count). The van der Waals surface area contributed by atoms with Crippen molar-refractivity contribution in [3.8, 4) is 0 Å². The van der Waals surface area contributed by atoms with E-state index in [1.165, 1.54) is 19.3 Å². The van der Waals surface area contributed by atoms with Gasteiger partial charge in [-0.25, -0.2) is 4.79 Å². The smallest absolute Gasteiger partial charge is 0.317 e. The topological polar surface area (TPSA) is 73.9 Å². The average molecular weight is 379 g/mol. The highest BCUT2D eigenvalue weighted by molar-refractivity contribution is 5.79. The molecule has 152 valence electrons. The Bertz CT molecular complexity index is 544. The Morgan fingerprint density at radius 2 is 2.00 bits per heavy atom. The number of carbonyl (C=O) groups excluding carboxylic acids is 2. The van der Waals surface area contributed by atoms with Gasteiger partial charge in [-0.05, 0) is 38.5 Å². The van der Waals surface area contributed by atoms with Crippen LogP contribution in [0.5, 0.6) is 0 Å². The van der Waals surface area contributed by atoms with Gasteiger partial charge in [0, 0.05) is 44.9 Å². The van der Waals surface area contributed by atoms with E-state index in [9.17, 15) is 9.59 Å². The van der Waals surface area contributed by atoms with E-state index in [0.29, 0.717) is 13.1 Å². The van der Waals surface area contributed by atoms with Crippen molar-refractivity contribution in [3.63, 3.8) is 0 Å². The molecular weight excluding hydrogens is 344 g/mol. The summed E-state index contributed by atoms with van der Waals surface area (Å²) in [6.07, 6.45) is 9.88. The molecule has 0 radical (unpaired) electrons. The van der Waals surface area contributed by atoms with Crippen molar-refractivity contribution in [2.45, 2.75) is 75.5 Å². The van der Waals surface area contributed by atoms with Crippen LogP contribution in [0.25, 0.3) is 0 Å². The van der Waals surface area contributed by atoms with E-state index in [1.807, 2.05) is 9.80 Å². The zero-order chi connectivity index (χ0) is 18.7. The first kappa shape index (κ1) is 19.0. The molecule has 0 aromatic carbocycles. The highest BCUT2D eigenvalue weighted by atomic mass is 16.5. The third kappa shape index (κ3) is 4.40. The summed E-state index contributed by atoms with van der Waals surface area (Å²) in [4.78, 5) is 29.0. The first-order chi connectivity index (χ1) is 13.2. The maximum absolute atomic E-state index is 12.9. The number of hydrogen-bond acceptors (Lipinski definition) is 4. The fourth-order valence-corrected chi connectivity index (χ4v) is 5.36. The number of nitrogens with zero attached hydrogens (tertiary/aromatic N) is 2. The van der Waals surface area contributed by atoms with Crippen molar-refractivity contribution in [2.75, 3.05) is 39.3 Å². The molecule has 2 atom stereocenters. The van der Waals surface area contributed by atoms with Crippen LogP contribution >= 0.6 is 0 Å². The van der Waals surface area contributed by atoms with Crippen molar-refractivity contribution in [1.82, 2.24) is 20.4 Å². The molecule has 3 heterocycles. The predicted molar refractivity (Wildman–Crippen MR) is 102 cm³/mol. The van der Waals surface area contributed by atoms with Crippen LogP contribution in [0.4, 0.5) is 4.79 Å². The Balaban J connectivity index is 1.31. The van der Waals surface area contributed by atoms with Crippen LogP contribution in [0.2, 0.25) is 0 Å². The third-order valence-electron chi connectivity index (χ3n) is 6.84. The lowest BCUT2D eigenvalue weighted by Gasteiger charge is -2.45. The van der Waals surface area contributed by atoms with Gasteiger partial charge in [-0.2, -0.15) is 0 Å². The molecule has 27 heavy (non-hydrogen) atoms. The van der Waals surface area contributed by atoms with Crippen LogP contribution in [-0.4, -0.2) is 78.8 Å². The van der Waals surface area contributed by atoms with Gasteiger partial charge in [0.05, 0.1) is 12.1 Å². The van der Waals surface area contributed by atoms with Gasteiger partial charge >= 0.3 is 6.03 Å². The van der Waals surface area contributed by atoms with Crippen LogP contribution in [0, 0.1) is 0 Å². The molecule has 0 bridgehead atoms. The SMILES string of the molecule is O=C(NC1CCOC2(CCCCC2)C1)N1CCCC(N2CCNCC2=O)C1. The summed E-state index contributed by atoms with van der Waals surface area (Å²) in [7, 11) is 0. The summed E-state index contributed by atoms with van der Waals surface area (Å²) in [6.45, 7) is 4.22. The van der Waals surface area contributed by atoms with Gasteiger partial charge in [-0.15, -0.1) is 0 Å². The van der Waals surface area contributed by atoms with Crippen molar-refractivity contribution in [3.05, 3.63) is 0 Å². The highest BCUT2D eigenvalue weighted by Crippen LogP contribution is 2.38. The Labute approximate surface area is 162 Å². The van der Waals surface area contributed by atoms with E-state index < -0.39 is 0 Å². The van der Waals surface area contributed by atoms with Gasteiger partial charge in [0.15, 0.2) is 0 Å². The van der Waals surface area contributed by atoms with Crippen molar-refractivity contribution in [2.24, 2.45) is 0 Å². The minimum atomic E-state index is 0.00605. The summed E-state index contributed by atoms with van der Waals surface area (Å²) in [5.41, 5.74) is 0.00605. The number of urea groups is 1. The van der Waals surface area contributed by atoms with Gasteiger partial charge in [-0.3, -0.25) is 4.79 Å².